The van der Waals surface area contributed by atoms with Gasteiger partial charge >= 0.3 is 5.97 Å². The zero-order valence-corrected chi connectivity index (χ0v) is 60.7. The van der Waals surface area contributed by atoms with Gasteiger partial charge in [0.25, 0.3) is 0 Å². The lowest BCUT2D eigenvalue weighted by atomic mass is 10.0. The Morgan fingerprint density at radius 3 is 0.798 bits per heavy atom. The Morgan fingerprint density at radius 2 is 0.528 bits per heavy atom. The predicted octanol–water partition coefficient (Wildman–Crippen LogP) is 27.2. The fraction of sp³-hybridized carbons (Fsp3) is 0.928. The Bertz CT molecular complexity index is 1400. The Hall–Kier alpha value is -1.66. The molecule has 0 rings (SSSR count). The van der Waals surface area contributed by atoms with Crippen molar-refractivity contribution in [3.05, 3.63) is 24.3 Å². The molecule has 6 nitrogen and oxygen atoms in total. The SMILES string of the molecule is CCCCCCCC/C=C\CCCCCCCCCC(=O)OCCCCCCCCCCCCCCCCCCCCCCCCCCCCCCCCCCCC(=O)NC(CO)C(O)/C=C/CCCCCCCCCCCCCCCCCCCCCC. The van der Waals surface area contributed by atoms with Crippen LogP contribution in [0.5, 0.6) is 0 Å². The molecular weight excluding hydrogens is 1090 g/mol. The van der Waals surface area contributed by atoms with Crippen molar-refractivity contribution < 1.29 is 24.5 Å². The lowest BCUT2D eigenvalue weighted by molar-refractivity contribution is -0.143. The second kappa shape index (κ2) is 78.8. The van der Waals surface area contributed by atoms with Crippen molar-refractivity contribution in [2.24, 2.45) is 0 Å². The number of allylic oxidation sites excluding steroid dienone is 3. The minimum absolute atomic E-state index is 0.0192. The molecule has 0 bridgehead atoms. The summed E-state index contributed by atoms with van der Waals surface area (Å²) >= 11 is 0. The van der Waals surface area contributed by atoms with Crippen LogP contribution in [-0.4, -0.2) is 47.4 Å². The van der Waals surface area contributed by atoms with E-state index in [0.29, 0.717) is 19.4 Å². The number of carbonyl (C=O) groups excluding carboxylic acids is 2. The third kappa shape index (κ3) is 75.3. The topological polar surface area (TPSA) is 95.9 Å². The van der Waals surface area contributed by atoms with E-state index < -0.39 is 12.1 Å². The average molecular weight is 1250 g/mol. The van der Waals surface area contributed by atoms with Crippen LogP contribution in [0.25, 0.3) is 0 Å². The van der Waals surface area contributed by atoms with Gasteiger partial charge in [0.1, 0.15) is 0 Å². The summed E-state index contributed by atoms with van der Waals surface area (Å²) in [5.74, 6) is -0.0387. The number of hydrogen-bond acceptors (Lipinski definition) is 5. The number of carbonyl (C=O) groups is 2. The largest absolute Gasteiger partial charge is 0.466 e. The average Bonchev–Trinajstić information content (AvgIpc) is 3.59. The molecule has 0 saturated heterocycles. The van der Waals surface area contributed by atoms with Gasteiger partial charge in [0, 0.05) is 12.8 Å². The molecule has 0 heterocycles. The van der Waals surface area contributed by atoms with Gasteiger partial charge in [-0.15, -0.1) is 0 Å². The zero-order chi connectivity index (χ0) is 64.2. The summed E-state index contributed by atoms with van der Waals surface area (Å²) in [5.41, 5.74) is 0. The lowest BCUT2D eigenvalue weighted by Crippen LogP contribution is -2.45. The third-order valence-corrected chi connectivity index (χ3v) is 19.5. The highest BCUT2D eigenvalue weighted by Gasteiger charge is 2.18. The quantitative estimate of drug-likeness (QED) is 0.0320. The number of unbranched alkanes of at least 4 members (excludes halogenated alkanes) is 65. The molecule has 0 aliphatic carbocycles. The van der Waals surface area contributed by atoms with E-state index in [1.54, 1.807) is 6.08 Å². The summed E-state index contributed by atoms with van der Waals surface area (Å²) < 4.78 is 5.51. The van der Waals surface area contributed by atoms with Crippen LogP contribution in [0.3, 0.4) is 0 Å². The second-order valence-corrected chi connectivity index (χ2v) is 28.5. The Kier molecular flexibility index (Phi) is 77.3. The maximum absolute atomic E-state index is 12.6. The molecule has 0 aromatic carbocycles. The van der Waals surface area contributed by atoms with Crippen molar-refractivity contribution in [3.8, 4) is 0 Å². The molecule has 528 valence electrons. The van der Waals surface area contributed by atoms with Gasteiger partial charge in [-0.25, -0.2) is 0 Å². The van der Waals surface area contributed by atoms with Crippen LogP contribution in [0.4, 0.5) is 0 Å². The van der Waals surface area contributed by atoms with Crippen LogP contribution < -0.4 is 5.32 Å². The van der Waals surface area contributed by atoms with Crippen LogP contribution in [0.2, 0.25) is 0 Å². The number of rotatable bonds is 78. The Labute approximate surface area is 558 Å². The normalized spacial score (nSPS) is 12.5. The number of aliphatic hydroxyl groups excluding tert-OH is 2. The van der Waals surface area contributed by atoms with Gasteiger partial charge in [0.15, 0.2) is 0 Å². The first-order valence-electron chi connectivity index (χ1n) is 41.1. The highest BCUT2D eigenvalue weighted by molar-refractivity contribution is 5.76. The molecule has 6 heteroatoms. The van der Waals surface area contributed by atoms with E-state index in [2.05, 4.69) is 31.3 Å². The molecule has 1 amide bonds. The van der Waals surface area contributed by atoms with Gasteiger partial charge in [-0.05, 0) is 57.8 Å². The van der Waals surface area contributed by atoms with Crippen molar-refractivity contribution in [2.45, 2.75) is 482 Å². The molecule has 2 unspecified atom stereocenters. The monoisotopic (exact) mass is 1250 g/mol. The molecule has 0 radical (unpaired) electrons. The molecule has 3 N–H and O–H groups in total. The standard InChI is InChI=1S/C83H161NO5/c1-3-5-7-9-11-13-15-17-19-21-22-23-37-40-44-47-51-55-59-63-67-71-75-81(86)80(79-85)84-82(87)76-72-68-64-60-56-52-48-45-41-38-35-33-31-29-27-25-24-26-28-30-32-34-36-39-42-46-50-54-58-62-66-70-74-78-89-83(88)77-73-69-65-61-57-53-49-43-20-18-16-14-12-10-8-6-4-2/h18,20,71,75,80-81,85-86H,3-17,19,21-70,72-74,76-79H2,1-2H3,(H,84,87)/b20-18-,75-71+. The van der Waals surface area contributed by atoms with E-state index in [9.17, 15) is 19.8 Å². The minimum atomic E-state index is -0.842. The predicted molar refractivity (Wildman–Crippen MR) is 393 cm³/mol. The van der Waals surface area contributed by atoms with Gasteiger partial charge < -0.3 is 20.3 Å². The van der Waals surface area contributed by atoms with Crippen molar-refractivity contribution in [1.82, 2.24) is 5.32 Å². The molecule has 0 saturated carbocycles. The minimum Gasteiger partial charge on any atom is -0.466 e. The van der Waals surface area contributed by atoms with E-state index >= 15 is 0 Å². The first kappa shape index (κ1) is 87.3. The maximum atomic E-state index is 12.6. The van der Waals surface area contributed by atoms with Gasteiger partial charge in [0.2, 0.25) is 5.91 Å². The van der Waals surface area contributed by atoms with Gasteiger partial charge in [-0.3, -0.25) is 9.59 Å². The molecule has 0 aromatic heterocycles. The first-order chi connectivity index (χ1) is 44.0. The number of ether oxygens (including phenoxy) is 1. The Balaban J connectivity index is 3.34. The van der Waals surface area contributed by atoms with Crippen LogP contribution in [-0.2, 0) is 14.3 Å². The molecule has 0 aliphatic heterocycles. The first-order valence-corrected chi connectivity index (χ1v) is 41.1. The number of esters is 1. The van der Waals surface area contributed by atoms with E-state index in [0.717, 1.165) is 38.5 Å². The summed E-state index contributed by atoms with van der Waals surface area (Å²) in [4.78, 5) is 24.7. The van der Waals surface area contributed by atoms with E-state index in [1.807, 2.05) is 6.08 Å². The van der Waals surface area contributed by atoms with Gasteiger partial charge in [-0.1, -0.05) is 423 Å². The van der Waals surface area contributed by atoms with Crippen molar-refractivity contribution in [3.63, 3.8) is 0 Å². The number of hydrogen-bond donors (Lipinski definition) is 3. The highest BCUT2D eigenvalue weighted by atomic mass is 16.5. The Morgan fingerprint density at radius 1 is 0.303 bits per heavy atom. The van der Waals surface area contributed by atoms with E-state index in [1.165, 1.54) is 405 Å². The van der Waals surface area contributed by atoms with Gasteiger partial charge in [0.05, 0.1) is 25.4 Å². The summed E-state index contributed by atoms with van der Waals surface area (Å²) in [5, 5.41) is 23.3. The fourth-order valence-electron chi connectivity index (χ4n) is 13.2. The molecule has 89 heavy (non-hydrogen) atoms. The van der Waals surface area contributed by atoms with Crippen LogP contribution in [0, 0.1) is 0 Å². The van der Waals surface area contributed by atoms with Crippen LogP contribution in [0.15, 0.2) is 24.3 Å². The lowest BCUT2D eigenvalue weighted by Gasteiger charge is -2.20. The molecular formula is C83H161NO5. The fourth-order valence-corrected chi connectivity index (χ4v) is 13.2. The van der Waals surface area contributed by atoms with E-state index in [4.69, 9.17) is 4.74 Å². The summed E-state index contributed by atoms with van der Waals surface area (Å²) in [6.45, 7) is 4.96. The molecule has 0 fully saturated rings. The van der Waals surface area contributed by atoms with E-state index in [-0.39, 0.29) is 18.5 Å². The number of aliphatic hydroxyl groups is 2. The zero-order valence-electron chi connectivity index (χ0n) is 60.7. The smallest absolute Gasteiger partial charge is 0.305 e. The number of amides is 1. The van der Waals surface area contributed by atoms with Crippen molar-refractivity contribution >= 4 is 11.9 Å². The molecule has 0 spiro atoms. The maximum Gasteiger partial charge on any atom is 0.305 e. The van der Waals surface area contributed by atoms with Crippen LogP contribution in [0.1, 0.15) is 470 Å². The van der Waals surface area contributed by atoms with Crippen molar-refractivity contribution in [2.75, 3.05) is 13.2 Å². The third-order valence-electron chi connectivity index (χ3n) is 19.5. The second-order valence-electron chi connectivity index (χ2n) is 28.5. The van der Waals surface area contributed by atoms with Gasteiger partial charge in [-0.2, -0.15) is 0 Å². The molecule has 0 aromatic rings. The summed E-state index contributed by atoms with van der Waals surface area (Å²) in [7, 11) is 0. The summed E-state index contributed by atoms with van der Waals surface area (Å²) in [6.07, 6.45) is 102. The highest BCUT2D eigenvalue weighted by Crippen LogP contribution is 2.20. The number of nitrogens with one attached hydrogen (secondary N) is 1. The molecule has 2 atom stereocenters. The summed E-state index contributed by atoms with van der Waals surface area (Å²) in [6, 6.07) is -0.625. The van der Waals surface area contributed by atoms with Crippen LogP contribution >= 0.6 is 0 Å². The van der Waals surface area contributed by atoms with Crippen molar-refractivity contribution in [1.29, 1.82) is 0 Å². The molecule has 0 aliphatic rings.